The van der Waals surface area contributed by atoms with Crippen molar-refractivity contribution in [3.63, 3.8) is 0 Å². The molecule has 0 aromatic carbocycles. The van der Waals surface area contributed by atoms with Crippen LogP contribution in [-0.2, 0) is 6.42 Å². The van der Waals surface area contributed by atoms with E-state index in [1.54, 1.807) is 0 Å². The van der Waals surface area contributed by atoms with Crippen LogP contribution in [0.1, 0.15) is 31.5 Å². The summed E-state index contributed by atoms with van der Waals surface area (Å²) >= 11 is 0. The number of fused-ring (bicyclic) bond motifs is 1. The minimum Gasteiger partial charge on any atom is -0.369 e. The first-order chi connectivity index (χ1) is 8.56. The number of nitrogens with two attached hydrogens (primary N) is 2. The molecule has 2 aromatic heterocycles. The van der Waals surface area contributed by atoms with Crippen molar-refractivity contribution in [1.82, 2.24) is 19.9 Å². The van der Waals surface area contributed by atoms with Gasteiger partial charge in [-0.25, -0.2) is 4.98 Å². The van der Waals surface area contributed by atoms with E-state index >= 15 is 0 Å². The molecule has 0 aliphatic heterocycles. The van der Waals surface area contributed by atoms with Gasteiger partial charge < -0.3 is 16.5 Å². The third-order valence-corrected chi connectivity index (χ3v) is 3.55. The Morgan fingerprint density at radius 3 is 2.67 bits per heavy atom. The fourth-order valence-corrected chi connectivity index (χ4v) is 2.65. The fraction of sp³-hybridized carbons (Fsp3) is 0.545. The molecular formula is C11H16N6O. The Morgan fingerprint density at radius 1 is 1.22 bits per heavy atom. The Morgan fingerprint density at radius 2 is 1.94 bits per heavy atom. The highest BCUT2D eigenvalue weighted by Crippen LogP contribution is 2.29. The maximum absolute atomic E-state index is 11.7. The van der Waals surface area contributed by atoms with E-state index in [-0.39, 0.29) is 17.0 Å². The van der Waals surface area contributed by atoms with Gasteiger partial charge in [0.1, 0.15) is 5.82 Å². The predicted molar refractivity (Wildman–Crippen MR) is 68.0 cm³/mol. The van der Waals surface area contributed by atoms with E-state index in [9.17, 15) is 4.79 Å². The lowest BCUT2D eigenvalue weighted by Gasteiger charge is -2.21. The summed E-state index contributed by atoms with van der Waals surface area (Å²) < 4.78 is 0. The highest BCUT2D eigenvalue weighted by atomic mass is 16.1. The SMILES string of the molecule is Nc1nc2nc(CC3(N)CCCC3)[nH]c2c(=O)[nH]1. The molecule has 2 heterocycles. The van der Waals surface area contributed by atoms with E-state index in [0.29, 0.717) is 23.4 Å². The molecule has 1 aliphatic rings. The highest BCUT2D eigenvalue weighted by Gasteiger charge is 2.30. The van der Waals surface area contributed by atoms with E-state index in [2.05, 4.69) is 19.9 Å². The summed E-state index contributed by atoms with van der Waals surface area (Å²) in [5.41, 5.74) is 12.0. The van der Waals surface area contributed by atoms with Gasteiger partial charge in [-0.1, -0.05) is 12.8 Å². The normalized spacial score (nSPS) is 18.5. The second kappa shape index (κ2) is 3.81. The molecule has 96 valence electrons. The molecule has 18 heavy (non-hydrogen) atoms. The first-order valence-corrected chi connectivity index (χ1v) is 6.09. The van der Waals surface area contributed by atoms with Crippen molar-refractivity contribution in [2.45, 2.75) is 37.6 Å². The maximum atomic E-state index is 11.7. The van der Waals surface area contributed by atoms with Crippen molar-refractivity contribution in [2.24, 2.45) is 5.73 Å². The number of aromatic amines is 2. The van der Waals surface area contributed by atoms with Crippen LogP contribution in [0.15, 0.2) is 4.79 Å². The summed E-state index contributed by atoms with van der Waals surface area (Å²) in [5.74, 6) is 0.784. The van der Waals surface area contributed by atoms with E-state index in [4.69, 9.17) is 11.5 Å². The second-order valence-electron chi connectivity index (χ2n) is 5.08. The molecule has 0 amide bonds. The molecule has 0 spiro atoms. The molecule has 1 aliphatic carbocycles. The maximum Gasteiger partial charge on any atom is 0.278 e. The molecule has 0 radical (unpaired) electrons. The minimum absolute atomic E-state index is 0.0777. The molecule has 1 fully saturated rings. The average Bonchev–Trinajstić information content (AvgIpc) is 2.85. The summed E-state index contributed by atoms with van der Waals surface area (Å²) in [6, 6.07) is 0. The summed E-state index contributed by atoms with van der Waals surface area (Å²) in [5, 5.41) is 0. The van der Waals surface area contributed by atoms with Gasteiger partial charge in [0.2, 0.25) is 5.95 Å². The van der Waals surface area contributed by atoms with Crippen LogP contribution in [0.4, 0.5) is 5.95 Å². The van der Waals surface area contributed by atoms with Crippen LogP contribution in [0.5, 0.6) is 0 Å². The van der Waals surface area contributed by atoms with E-state index < -0.39 is 0 Å². The first-order valence-electron chi connectivity index (χ1n) is 6.09. The van der Waals surface area contributed by atoms with Gasteiger partial charge in [0, 0.05) is 12.0 Å². The third-order valence-electron chi connectivity index (χ3n) is 3.55. The third kappa shape index (κ3) is 1.86. The lowest BCUT2D eigenvalue weighted by atomic mass is 9.94. The van der Waals surface area contributed by atoms with Gasteiger partial charge in [0.15, 0.2) is 11.2 Å². The molecule has 7 nitrogen and oxygen atoms in total. The van der Waals surface area contributed by atoms with Gasteiger partial charge in [-0.3, -0.25) is 9.78 Å². The zero-order valence-corrected chi connectivity index (χ0v) is 9.99. The van der Waals surface area contributed by atoms with Gasteiger partial charge >= 0.3 is 0 Å². The van der Waals surface area contributed by atoms with E-state index in [0.717, 1.165) is 25.7 Å². The number of imidazole rings is 1. The van der Waals surface area contributed by atoms with Crippen LogP contribution in [0, 0.1) is 0 Å². The second-order valence-corrected chi connectivity index (χ2v) is 5.08. The van der Waals surface area contributed by atoms with Crippen LogP contribution < -0.4 is 17.0 Å². The van der Waals surface area contributed by atoms with Gasteiger partial charge in [-0.05, 0) is 12.8 Å². The van der Waals surface area contributed by atoms with Crippen LogP contribution in [0.25, 0.3) is 11.2 Å². The zero-order valence-electron chi connectivity index (χ0n) is 9.99. The standard InChI is InChI=1S/C11H16N6O/c12-10-16-8-7(9(18)17-10)14-6(15-8)5-11(13)3-1-2-4-11/h1-5,13H2,(H4,12,14,15,16,17,18). The largest absolute Gasteiger partial charge is 0.369 e. The molecule has 1 saturated carbocycles. The number of nitrogens with one attached hydrogen (secondary N) is 2. The van der Waals surface area contributed by atoms with Gasteiger partial charge in [0.25, 0.3) is 5.56 Å². The molecule has 0 unspecified atom stereocenters. The van der Waals surface area contributed by atoms with Crippen LogP contribution >= 0.6 is 0 Å². The molecule has 3 rings (SSSR count). The Kier molecular flexibility index (Phi) is 2.37. The number of aromatic nitrogens is 4. The van der Waals surface area contributed by atoms with Crippen molar-refractivity contribution >= 4 is 17.1 Å². The Bertz CT molecular complexity index is 637. The van der Waals surface area contributed by atoms with Crippen LogP contribution in [-0.4, -0.2) is 25.5 Å². The molecule has 0 bridgehead atoms. The molecule has 0 atom stereocenters. The van der Waals surface area contributed by atoms with Crippen molar-refractivity contribution < 1.29 is 0 Å². The molecule has 0 saturated heterocycles. The van der Waals surface area contributed by atoms with Gasteiger partial charge in [0.05, 0.1) is 0 Å². The monoisotopic (exact) mass is 248 g/mol. The topological polar surface area (TPSA) is 126 Å². The molecule has 6 N–H and O–H groups in total. The van der Waals surface area contributed by atoms with Crippen molar-refractivity contribution in [3.8, 4) is 0 Å². The zero-order chi connectivity index (χ0) is 12.8. The average molecular weight is 248 g/mol. The van der Waals surface area contributed by atoms with Crippen molar-refractivity contribution in [2.75, 3.05) is 5.73 Å². The Balaban J connectivity index is 1.98. The van der Waals surface area contributed by atoms with Gasteiger partial charge in [-0.2, -0.15) is 4.98 Å². The van der Waals surface area contributed by atoms with Crippen molar-refractivity contribution in [3.05, 3.63) is 16.2 Å². The quantitative estimate of drug-likeness (QED) is 0.597. The van der Waals surface area contributed by atoms with E-state index in [1.807, 2.05) is 0 Å². The highest BCUT2D eigenvalue weighted by molar-refractivity contribution is 5.70. The lowest BCUT2D eigenvalue weighted by Crippen LogP contribution is -2.39. The number of hydrogen-bond donors (Lipinski definition) is 4. The molecule has 7 heteroatoms. The van der Waals surface area contributed by atoms with Gasteiger partial charge in [-0.15, -0.1) is 0 Å². The van der Waals surface area contributed by atoms with Crippen LogP contribution in [0.3, 0.4) is 0 Å². The minimum atomic E-state index is -0.297. The Hall–Kier alpha value is -1.89. The first kappa shape index (κ1) is 11.2. The summed E-state index contributed by atoms with van der Waals surface area (Å²) in [4.78, 5) is 25.4. The summed E-state index contributed by atoms with van der Waals surface area (Å²) in [6.45, 7) is 0. The number of rotatable bonds is 2. The number of H-pyrrole nitrogens is 2. The number of nitrogen functional groups attached to an aromatic ring is 1. The molecule has 2 aromatic rings. The number of nitrogens with zero attached hydrogens (tertiary/aromatic N) is 2. The predicted octanol–water partition coefficient (Wildman–Crippen LogP) is 0.0424. The number of anilines is 1. The van der Waals surface area contributed by atoms with Crippen molar-refractivity contribution in [1.29, 1.82) is 0 Å². The Labute approximate surface area is 103 Å². The smallest absolute Gasteiger partial charge is 0.278 e. The molecular weight excluding hydrogens is 232 g/mol. The van der Waals surface area contributed by atoms with E-state index in [1.165, 1.54) is 0 Å². The summed E-state index contributed by atoms with van der Waals surface area (Å²) in [6.07, 6.45) is 4.94. The fourth-order valence-electron chi connectivity index (χ4n) is 2.65. The summed E-state index contributed by atoms with van der Waals surface area (Å²) in [7, 11) is 0. The van der Waals surface area contributed by atoms with Crippen LogP contribution in [0.2, 0.25) is 0 Å². The number of hydrogen-bond acceptors (Lipinski definition) is 5. The lowest BCUT2D eigenvalue weighted by molar-refractivity contribution is 0.428.